The Labute approximate surface area is 170 Å². The third-order valence-corrected chi connectivity index (χ3v) is 3.95. The molecule has 2 aromatic rings. The zero-order valence-electron chi connectivity index (χ0n) is 16.6. The van der Waals surface area contributed by atoms with Crippen molar-refractivity contribution in [2.24, 2.45) is 0 Å². The summed E-state index contributed by atoms with van der Waals surface area (Å²) in [5.74, 6) is 0.0298. The summed E-state index contributed by atoms with van der Waals surface area (Å²) in [4.78, 5) is 23.9. The molecule has 150 valence electrons. The first-order valence-electron chi connectivity index (χ1n) is 9.42. The Hall–Kier alpha value is -3.59. The van der Waals surface area contributed by atoms with E-state index in [0.717, 1.165) is 18.4 Å². The van der Waals surface area contributed by atoms with E-state index in [2.05, 4.69) is 5.32 Å². The van der Waals surface area contributed by atoms with Crippen LogP contribution < -0.4 is 14.8 Å². The topological polar surface area (TPSA) is 88.4 Å². The fourth-order valence-electron chi connectivity index (χ4n) is 2.43. The van der Waals surface area contributed by atoms with E-state index in [-0.39, 0.29) is 12.2 Å². The van der Waals surface area contributed by atoms with Gasteiger partial charge in [-0.15, -0.1) is 0 Å². The van der Waals surface area contributed by atoms with E-state index < -0.39 is 11.9 Å². The lowest BCUT2D eigenvalue weighted by molar-refractivity contribution is -0.136. The van der Waals surface area contributed by atoms with Gasteiger partial charge in [0.25, 0.3) is 5.91 Å². The van der Waals surface area contributed by atoms with Crippen LogP contribution in [0.1, 0.15) is 30.9 Å². The van der Waals surface area contributed by atoms with Crippen LogP contribution in [0.4, 0.5) is 0 Å². The van der Waals surface area contributed by atoms with Gasteiger partial charge in [0.1, 0.15) is 23.1 Å². The molecule has 0 aliphatic carbocycles. The lowest BCUT2D eigenvalue weighted by Gasteiger charge is -2.07. The van der Waals surface area contributed by atoms with Gasteiger partial charge in [-0.2, -0.15) is 5.26 Å². The summed E-state index contributed by atoms with van der Waals surface area (Å²) < 4.78 is 10.7. The van der Waals surface area contributed by atoms with Crippen molar-refractivity contribution in [1.29, 1.82) is 5.26 Å². The van der Waals surface area contributed by atoms with Gasteiger partial charge in [-0.05, 0) is 54.8 Å². The molecule has 0 atom stereocenters. The molecule has 2 rings (SSSR count). The van der Waals surface area contributed by atoms with Crippen LogP contribution in [0.5, 0.6) is 11.5 Å². The van der Waals surface area contributed by atoms with E-state index in [4.69, 9.17) is 9.47 Å². The van der Waals surface area contributed by atoms with Crippen molar-refractivity contribution < 1.29 is 19.1 Å². The van der Waals surface area contributed by atoms with E-state index >= 15 is 0 Å². The highest BCUT2D eigenvalue weighted by molar-refractivity contribution is 6.01. The van der Waals surface area contributed by atoms with Crippen LogP contribution in [0.15, 0.2) is 54.1 Å². The largest absolute Gasteiger partial charge is 0.482 e. The number of carbonyl (C=O) groups is 2. The molecule has 0 aliphatic heterocycles. The van der Waals surface area contributed by atoms with Crippen molar-refractivity contribution >= 4 is 18.0 Å². The van der Waals surface area contributed by atoms with Gasteiger partial charge in [0.05, 0.1) is 0 Å². The number of unbranched alkanes of at least 4 members (excludes halogenated alkanes) is 1. The number of hydrogen-bond acceptors (Lipinski definition) is 5. The van der Waals surface area contributed by atoms with Gasteiger partial charge < -0.3 is 14.8 Å². The van der Waals surface area contributed by atoms with Crippen LogP contribution in [0, 0.1) is 18.3 Å². The Balaban J connectivity index is 1.90. The Morgan fingerprint density at radius 2 is 1.90 bits per heavy atom. The molecule has 6 heteroatoms. The number of amides is 1. The normalized spacial score (nSPS) is 10.7. The number of nitriles is 1. The zero-order valence-corrected chi connectivity index (χ0v) is 16.6. The average Bonchev–Trinajstić information content (AvgIpc) is 2.72. The van der Waals surface area contributed by atoms with Gasteiger partial charge in [-0.3, -0.25) is 4.79 Å². The third kappa shape index (κ3) is 7.51. The minimum absolute atomic E-state index is 0.0254. The van der Waals surface area contributed by atoms with Gasteiger partial charge >= 0.3 is 5.97 Å². The molecule has 0 saturated carbocycles. The molecule has 0 unspecified atom stereocenters. The zero-order chi connectivity index (χ0) is 21.1. The molecular weight excluding hydrogens is 368 g/mol. The Kier molecular flexibility index (Phi) is 8.46. The van der Waals surface area contributed by atoms with Crippen molar-refractivity contribution in [3.05, 3.63) is 65.2 Å². The van der Waals surface area contributed by atoms with Crippen molar-refractivity contribution in [3.8, 4) is 17.6 Å². The molecule has 0 bridgehead atoms. The molecule has 0 aromatic heterocycles. The van der Waals surface area contributed by atoms with Crippen molar-refractivity contribution in [2.45, 2.75) is 26.7 Å². The Morgan fingerprint density at radius 1 is 1.14 bits per heavy atom. The lowest BCUT2D eigenvalue weighted by atomic mass is 10.1. The number of hydrogen-bond donors (Lipinski definition) is 1. The molecule has 0 saturated heterocycles. The number of benzene rings is 2. The van der Waals surface area contributed by atoms with Gasteiger partial charge in [-0.25, -0.2) is 4.79 Å². The van der Waals surface area contributed by atoms with Crippen molar-refractivity contribution in [2.75, 3.05) is 13.2 Å². The van der Waals surface area contributed by atoms with E-state index in [1.165, 1.54) is 6.08 Å². The molecular formula is C23H24N2O4. The molecule has 1 amide bonds. The fraction of sp³-hybridized carbons (Fsp3) is 0.261. The molecule has 0 aliphatic rings. The summed E-state index contributed by atoms with van der Waals surface area (Å²) in [6, 6.07) is 15.8. The van der Waals surface area contributed by atoms with Crippen LogP contribution in [-0.2, 0) is 9.59 Å². The first-order valence-corrected chi connectivity index (χ1v) is 9.42. The van der Waals surface area contributed by atoms with Gasteiger partial charge in [-0.1, -0.05) is 37.6 Å². The highest BCUT2D eigenvalue weighted by atomic mass is 16.6. The van der Waals surface area contributed by atoms with E-state index in [1.54, 1.807) is 30.3 Å². The number of nitrogens with zero attached hydrogens (tertiary/aromatic N) is 1. The maximum absolute atomic E-state index is 12.0. The summed E-state index contributed by atoms with van der Waals surface area (Å²) in [7, 11) is 0. The van der Waals surface area contributed by atoms with E-state index in [9.17, 15) is 14.9 Å². The Morgan fingerprint density at radius 3 is 2.55 bits per heavy atom. The molecule has 0 spiro atoms. The first kappa shape index (κ1) is 21.7. The molecule has 0 radical (unpaired) electrons. The monoisotopic (exact) mass is 392 g/mol. The standard InChI is InChI=1S/C23H24N2O4/c1-3-4-12-25-23(27)19(15-24)14-18-8-10-20(11-9-18)29-22(26)16-28-21-7-5-6-17(2)13-21/h5-11,13-14H,3-4,12,16H2,1-2H3,(H,25,27)/b19-14+. The fourth-order valence-corrected chi connectivity index (χ4v) is 2.43. The van der Waals surface area contributed by atoms with Crippen LogP contribution in [0.2, 0.25) is 0 Å². The van der Waals surface area contributed by atoms with Crippen LogP contribution in [0.3, 0.4) is 0 Å². The van der Waals surface area contributed by atoms with Crippen molar-refractivity contribution in [1.82, 2.24) is 5.32 Å². The number of carbonyl (C=O) groups excluding carboxylic acids is 2. The van der Waals surface area contributed by atoms with Crippen LogP contribution >= 0.6 is 0 Å². The smallest absolute Gasteiger partial charge is 0.349 e. The maximum Gasteiger partial charge on any atom is 0.349 e. The lowest BCUT2D eigenvalue weighted by Crippen LogP contribution is -2.25. The maximum atomic E-state index is 12.0. The number of nitrogens with one attached hydrogen (secondary N) is 1. The van der Waals surface area contributed by atoms with Crippen molar-refractivity contribution in [3.63, 3.8) is 0 Å². The summed E-state index contributed by atoms with van der Waals surface area (Å²) >= 11 is 0. The molecule has 0 fully saturated rings. The number of ether oxygens (including phenoxy) is 2. The summed E-state index contributed by atoms with van der Waals surface area (Å²) in [5.41, 5.74) is 1.72. The highest BCUT2D eigenvalue weighted by Gasteiger charge is 2.09. The predicted octanol–water partition coefficient (Wildman–Crippen LogP) is 3.80. The van der Waals surface area contributed by atoms with Gasteiger partial charge in [0, 0.05) is 6.54 Å². The molecule has 29 heavy (non-hydrogen) atoms. The minimum atomic E-state index is -0.525. The van der Waals surface area contributed by atoms with E-state index in [1.807, 2.05) is 38.1 Å². The molecule has 6 nitrogen and oxygen atoms in total. The second kappa shape index (κ2) is 11.3. The molecule has 1 N–H and O–H groups in total. The third-order valence-electron chi connectivity index (χ3n) is 3.95. The van der Waals surface area contributed by atoms with Crippen LogP contribution in [-0.4, -0.2) is 25.0 Å². The number of rotatable bonds is 9. The summed E-state index contributed by atoms with van der Waals surface area (Å²) in [6.07, 6.45) is 3.31. The van der Waals surface area contributed by atoms with Gasteiger partial charge in [0.15, 0.2) is 6.61 Å². The average molecular weight is 392 g/mol. The highest BCUT2D eigenvalue weighted by Crippen LogP contribution is 2.16. The number of esters is 1. The quantitative estimate of drug-likeness (QED) is 0.231. The van der Waals surface area contributed by atoms with Gasteiger partial charge in [0.2, 0.25) is 0 Å². The number of aryl methyl sites for hydroxylation is 1. The SMILES string of the molecule is CCCCNC(=O)/C(C#N)=C/c1ccc(OC(=O)COc2cccc(C)c2)cc1. The summed E-state index contributed by atoms with van der Waals surface area (Å²) in [5, 5.41) is 11.9. The second-order valence-electron chi connectivity index (χ2n) is 6.43. The second-order valence-corrected chi connectivity index (χ2v) is 6.43. The molecule has 0 heterocycles. The summed E-state index contributed by atoms with van der Waals surface area (Å²) in [6.45, 7) is 4.29. The first-order chi connectivity index (χ1) is 14.0. The van der Waals surface area contributed by atoms with Crippen LogP contribution in [0.25, 0.3) is 6.08 Å². The molecule has 2 aromatic carbocycles. The van der Waals surface area contributed by atoms with E-state index in [0.29, 0.717) is 23.6 Å². The minimum Gasteiger partial charge on any atom is -0.482 e. The predicted molar refractivity (Wildman–Crippen MR) is 110 cm³/mol. The Bertz CT molecular complexity index is 911.